The lowest BCUT2D eigenvalue weighted by molar-refractivity contribution is -0.150. The van der Waals surface area contributed by atoms with E-state index in [-0.39, 0.29) is 5.97 Å². The van der Waals surface area contributed by atoms with Crippen LogP contribution in [0.3, 0.4) is 0 Å². The van der Waals surface area contributed by atoms with Gasteiger partial charge < -0.3 is 15.0 Å². The molecule has 2 unspecified atom stereocenters. The molecule has 1 fully saturated rings. The summed E-state index contributed by atoms with van der Waals surface area (Å²) in [6.45, 7) is 10.4. The van der Waals surface area contributed by atoms with E-state index in [0.717, 1.165) is 45.4 Å². The van der Waals surface area contributed by atoms with Crippen LogP contribution in [0.1, 0.15) is 40.0 Å². The lowest BCUT2D eigenvalue weighted by Crippen LogP contribution is -2.56. The summed E-state index contributed by atoms with van der Waals surface area (Å²) in [4.78, 5) is 14.4. The van der Waals surface area contributed by atoms with Crippen LogP contribution in [-0.4, -0.2) is 49.7 Å². The molecule has 0 saturated heterocycles. The molecule has 1 rings (SSSR count). The molecule has 106 valence electrons. The van der Waals surface area contributed by atoms with Crippen LogP contribution in [-0.2, 0) is 9.53 Å². The van der Waals surface area contributed by atoms with E-state index in [9.17, 15) is 4.79 Å². The van der Waals surface area contributed by atoms with Crippen molar-refractivity contribution in [1.29, 1.82) is 0 Å². The third-order valence-corrected chi connectivity index (χ3v) is 4.36. The minimum atomic E-state index is -0.443. The highest BCUT2D eigenvalue weighted by atomic mass is 16.5. The molecule has 0 aliphatic heterocycles. The second-order valence-electron chi connectivity index (χ2n) is 5.21. The monoisotopic (exact) mass is 256 g/mol. The number of carbonyl (C=O) groups is 1. The highest BCUT2D eigenvalue weighted by Crippen LogP contribution is 2.36. The summed E-state index contributed by atoms with van der Waals surface area (Å²) in [5.74, 6) is 0.272. The molecule has 1 aliphatic carbocycles. The van der Waals surface area contributed by atoms with Crippen molar-refractivity contribution < 1.29 is 9.53 Å². The van der Waals surface area contributed by atoms with Gasteiger partial charge in [0.1, 0.15) is 5.54 Å². The maximum atomic E-state index is 12.1. The van der Waals surface area contributed by atoms with Crippen molar-refractivity contribution in [3.63, 3.8) is 0 Å². The SMILES string of the molecule is CCN(CC)CCNC1(C(=O)OC)CCCC1C. The van der Waals surface area contributed by atoms with Crippen molar-refractivity contribution in [3.05, 3.63) is 0 Å². The Hall–Kier alpha value is -0.610. The molecule has 1 N–H and O–H groups in total. The maximum absolute atomic E-state index is 12.1. The van der Waals surface area contributed by atoms with Crippen molar-refractivity contribution in [2.75, 3.05) is 33.3 Å². The molecule has 0 aromatic rings. The summed E-state index contributed by atoms with van der Waals surface area (Å²) in [6.07, 6.45) is 3.11. The van der Waals surface area contributed by atoms with E-state index in [1.165, 1.54) is 7.11 Å². The van der Waals surface area contributed by atoms with E-state index in [1.54, 1.807) is 0 Å². The van der Waals surface area contributed by atoms with Gasteiger partial charge in [-0.05, 0) is 31.8 Å². The maximum Gasteiger partial charge on any atom is 0.326 e. The number of ether oxygens (including phenoxy) is 1. The Bertz CT molecular complexity index is 267. The van der Waals surface area contributed by atoms with Gasteiger partial charge in [-0.2, -0.15) is 0 Å². The fourth-order valence-electron chi connectivity index (χ4n) is 2.98. The number of esters is 1. The van der Waals surface area contributed by atoms with E-state index in [1.807, 2.05) is 0 Å². The summed E-state index contributed by atoms with van der Waals surface area (Å²) in [6, 6.07) is 0. The minimum Gasteiger partial charge on any atom is -0.468 e. The molecule has 0 bridgehead atoms. The summed E-state index contributed by atoms with van der Waals surface area (Å²) >= 11 is 0. The minimum absolute atomic E-state index is 0.0907. The molecule has 0 spiro atoms. The zero-order valence-corrected chi connectivity index (χ0v) is 12.3. The molecule has 18 heavy (non-hydrogen) atoms. The van der Waals surface area contributed by atoms with Crippen molar-refractivity contribution in [2.45, 2.75) is 45.6 Å². The third-order valence-electron chi connectivity index (χ3n) is 4.36. The van der Waals surface area contributed by atoms with Crippen molar-refractivity contribution in [1.82, 2.24) is 10.2 Å². The zero-order valence-electron chi connectivity index (χ0n) is 12.3. The van der Waals surface area contributed by atoms with Gasteiger partial charge in [-0.15, -0.1) is 0 Å². The van der Waals surface area contributed by atoms with E-state index in [0.29, 0.717) is 5.92 Å². The van der Waals surface area contributed by atoms with Crippen LogP contribution in [0.4, 0.5) is 0 Å². The van der Waals surface area contributed by atoms with Gasteiger partial charge in [0.2, 0.25) is 0 Å². The largest absolute Gasteiger partial charge is 0.468 e. The number of carbonyl (C=O) groups excluding carboxylic acids is 1. The Kier molecular flexibility index (Phi) is 6.09. The summed E-state index contributed by atoms with van der Waals surface area (Å²) in [5, 5.41) is 3.48. The van der Waals surface area contributed by atoms with Crippen LogP contribution < -0.4 is 5.32 Å². The van der Waals surface area contributed by atoms with Gasteiger partial charge in [0, 0.05) is 13.1 Å². The molecule has 0 heterocycles. The smallest absolute Gasteiger partial charge is 0.326 e. The third kappa shape index (κ3) is 3.23. The van der Waals surface area contributed by atoms with Crippen LogP contribution in [0.25, 0.3) is 0 Å². The normalized spacial score (nSPS) is 27.7. The van der Waals surface area contributed by atoms with Gasteiger partial charge in [-0.25, -0.2) is 0 Å². The van der Waals surface area contributed by atoms with Crippen molar-refractivity contribution in [3.8, 4) is 0 Å². The topological polar surface area (TPSA) is 41.6 Å². The van der Waals surface area contributed by atoms with E-state index >= 15 is 0 Å². The van der Waals surface area contributed by atoms with E-state index in [2.05, 4.69) is 31.0 Å². The second kappa shape index (κ2) is 7.10. The fourth-order valence-corrected chi connectivity index (χ4v) is 2.98. The number of nitrogens with zero attached hydrogens (tertiary/aromatic N) is 1. The first-order chi connectivity index (χ1) is 8.60. The molecule has 0 amide bonds. The van der Waals surface area contributed by atoms with Gasteiger partial charge in [0.25, 0.3) is 0 Å². The van der Waals surface area contributed by atoms with Crippen molar-refractivity contribution >= 4 is 5.97 Å². The molecule has 4 nitrogen and oxygen atoms in total. The quantitative estimate of drug-likeness (QED) is 0.703. The average molecular weight is 256 g/mol. The summed E-state index contributed by atoms with van der Waals surface area (Å²) in [7, 11) is 1.49. The fraction of sp³-hybridized carbons (Fsp3) is 0.929. The average Bonchev–Trinajstić information content (AvgIpc) is 2.76. The molecule has 0 radical (unpaired) electrons. The predicted molar refractivity (Wildman–Crippen MR) is 73.6 cm³/mol. The second-order valence-corrected chi connectivity index (χ2v) is 5.21. The Morgan fingerprint density at radius 1 is 1.44 bits per heavy atom. The lowest BCUT2D eigenvalue weighted by Gasteiger charge is -2.33. The van der Waals surface area contributed by atoms with Gasteiger partial charge in [-0.1, -0.05) is 27.2 Å². The lowest BCUT2D eigenvalue weighted by atomic mass is 9.88. The number of methoxy groups -OCH3 is 1. The van der Waals surface area contributed by atoms with Crippen molar-refractivity contribution in [2.24, 2.45) is 5.92 Å². The summed E-state index contributed by atoms with van der Waals surface area (Å²) < 4.78 is 5.00. The van der Waals surface area contributed by atoms with Crippen LogP contribution in [0.2, 0.25) is 0 Å². The number of hydrogen-bond acceptors (Lipinski definition) is 4. The summed E-state index contributed by atoms with van der Waals surface area (Å²) in [5.41, 5.74) is -0.443. The zero-order chi connectivity index (χ0) is 13.6. The Morgan fingerprint density at radius 2 is 2.11 bits per heavy atom. The van der Waals surface area contributed by atoms with Crippen LogP contribution in [0, 0.1) is 5.92 Å². The highest BCUT2D eigenvalue weighted by molar-refractivity contribution is 5.81. The molecule has 1 aliphatic rings. The van der Waals surface area contributed by atoms with E-state index < -0.39 is 5.54 Å². The van der Waals surface area contributed by atoms with Gasteiger partial charge in [-0.3, -0.25) is 4.79 Å². The Morgan fingerprint density at radius 3 is 2.56 bits per heavy atom. The first kappa shape index (κ1) is 15.4. The number of likely N-dealkylation sites (N-methyl/N-ethyl adjacent to an activating group) is 1. The molecule has 0 aromatic carbocycles. The van der Waals surface area contributed by atoms with Crippen LogP contribution >= 0.6 is 0 Å². The number of nitrogens with one attached hydrogen (secondary N) is 1. The predicted octanol–water partition coefficient (Wildman–Crippen LogP) is 1.65. The van der Waals surface area contributed by atoms with Gasteiger partial charge in [0.05, 0.1) is 7.11 Å². The molecular weight excluding hydrogens is 228 g/mol. The number of hydrogen-bond donors (Lipinski definition) is 1. The van der Waals surface area contributed by atoms with Crippen LogP contribution in [0.15, 0.2) is 0 Å². The molecule has 1 saturated carbocycles. The standard InChI is InChI=1S/C14H28N2O2/c1-5-16(6-2)11-10-15-14(13(17)18-4)9-7-8-12(14)3/h12,15H,5-11H2,1-4H3. The Labute approximate surface area is 111 Å². The first-order valence-electron chi connectivity index (χ1n) is 7.16. The molecule has 2 atom stereocenters. The number of rotatable bonds is 7. The van der Waals surface area contributed by atoms with Gasteiger partial charge in [0.15, 0.2) is 0 Å². The highest BCUT2D eigenvalue weighted by Gasteiger charge is 2.47. The van der Waals surface area contributed by atoms with Crippen LogP contribution in [0.5, 0.6) is 0 Å². The Balaban J connectivity index is 2.55. The van der Waals surface area contributed by atoms with E-state index in [4.69, 9.17) is 4.74 Å². The molecular formula is C14H28N2O2. The van der Waals surface area contributed by atoms with Gasteiger partial charge >= 0.3 is 5.97 Å². The molecule has 0 aromatic heterocycles. The first-order valence-corrected chi connectivity index (χ1v) is 7.16. The molecule has 4 heteroatoms.